The van der Waals surface area contributed by atoms with Crippen LogP contribution in [0.3, 0.4) is 0 Å². The molecule has 23 heavy (non-hydrogen) atoms. The predicted molar refractivity (Wildman–Crippen MR) is 94.9 cm³/mol. The Morgan fingerprint density at radius 3 is 2.87 bits per heavy atom. The molecule has 1 amide bonds. The molecule has 128 valence electrons. The summed E-state index contributed by atoms with van der Waals surface area (Å²) in [6.45, 7) is 6.78. The molecule has 1 atom stereocenters. The van der Waals surface area contributed by atoms with Gasteiger partial charge in [-0.25, -0.2) is 0 Å². The number of ether oxygens (including phenoxy) is 1. The van der Waals surface area contributed by atoms with Crippen molar-refractivity contribution in [3.8, 4) is 0 Å². The summed E-state index contributed by atoms with van der Waals surface area (Å²) in [5.74, 6) is 0.0828. The highest BCUT2D eigenvalue weighted by atomic mass is 16.5. The van der Waals surface area contributed by atoms with E-state index in [-0.39, 0.29) is 5.91 Å². The van der Waals surface area contributed by atoms with Crippen LogP contribution in [0.5, 0.6) is 0 Å². The molecule has 0 spiro atoms. The largest absolute Gasteiger partial charge is 0.378 e. The number of nitrogens with zero attached hydrogens (tertiary/aromatic N) is 1. The van der Waals surface area contributed by atoms with Crippen LogP contribution in [0.1, 0.15) is 43.2 Å². The minimum atomic E-state index is 0.0828. The van der Waals surface area contributed by atoms with Gasteiger partial charge < -0.3 is 15.0 Å². The average Bonchev–Trinajstić information content (AvgIpc) is 2.56. The second kappa shape index (κ2) is 9.04. The number of rotatable bonds is 7. The number of amides is 1. The van der Waals surface area contributed by atoms with Gasteiger partial charge in [-0.3, -0.25) is 4.79 Å². The minimum absolute atomic E-state index is 0.0828. The minimum Gasteiger partial charge on any atom is -0.378 e. The molecule has 1 aromatic rings. The number of anilines is 1. The topological polar surface area (TPSA) is 41.6 Å². The van der Waals surface area contributed by atoms with E-state index < -0.39 is 0 Å². The molecular formula is C19H30N2O2. The van der Waals surface area contributed by atoms with Crippen molar-refractivity contribution in [1.29, 1.82) is 0 Å². The molecule has 0 unspecified atom stereocenters. The third-order valence-electron chi connectivity index (χ3n) is 4.71. The molecule has 0 aromatic heterocycles. The highest BCUT2D eigenvalue weighted by Gasteiger charge is 2.14. The van der Waals surface area contributed by atoms with Crippen LogP contribution in [-0.4, -0.2) is 43.7 Å². The molecule has 1 aliphatic heterocycles. The van der Waals surface area contributed by atoms with Crippen molar-refractivity contribution >= 4 is 11.6 Å². The Balaban J connectivity index is 1.68. The predicted octanol–water partition coefficient (Wildman–Crippen LogP) is 3.52. The van der Waals surface area contributed by atoms with Crippen molar-refractivity contribution < 1.29 is 9.53 Å². The van der Waals surface area contributed by atoms with E-state index in [0.29, 0.717) is 12.5 Å². The van der Waals surface area contributed by atoms with Crippen molar-refractivity contribution in [1.82, 2.24) is 4.90 Å². The van der Waals surface area contributed by atoms with Crippen LogP contribution in [0.25, 0.3) is 0 Å². The molecule has 0 aliphatic carbocycles. The molecule has 4 heteroatoms. The van der Waals surface area contributed by atoms with Gasteiger partial charge in [0.25, 0.3) is 0 Å². The highest BCUT2D eigenvalue weighted by Crippen LogP contribution is 2.18. The van der Waals surface area contributed by atoms with Crippen LogP contribution in [0, 0.1) is 13.8 Å². The van der Waals surface area contributed by atoms with Crippen molar-refractivity contribution in [2.75, 3.05) is 32.1 Å². The van der Waals surface area contributed by atoms with E-state index in [4.69, 9.17) is 4.74 Å². The van der Waals surface area contributed by atoms with Crippen LogP contribution in [0.4, 0.5) is 5.69 Å². The standard InChI is InChI=1S/C19H30N2O2/c1-15-7-6-9-18(16(15)2)20-19(22)11-13-21(3)12-10-17-8-4-5-14-23-17/h6-7,9,17H,4-5,8,10-14H2,1-3H3,(H,20,22)/t17-/m0/s1. The van der Waals surface area contributed by atoms with Gasteiger partial charge in [0.05, 0.1) is 6.10 Å². The lowest BCUT2D eigenvalue weighted by Gasteiger charge is -2.25. The summed E-state index contributed by atoms with van der Waals surface area (Å²) in [7, 11) is 2.08. The first kappa shape index (κ1) is 18.0. The summed E-state index contributed by atoms with van der Waals surface area (Å²) in [5, 5.41) is 3.02. The van der Waals surface area contributed by atoms with Crippen LogP contribution in [-0.2, 0) is 9.53 Å². The number of benzene rings is 1. The van der Waals surface area contributed by atoms with Crippen LogP contribution in [0.2, 0.25) is 0 Å². The fraction of sp³-hybridized carbons (Fsp3) is 0.632. The van der Waals surface area contributed by atoms with E-state index in [9.17, 15) is 4.79 Å². The summed E-state index contributed by atoms with van der Waals surface area (Å²) in [4.78, 5) is 14.3. The first-order valence-corrected chi connectivity index (χ1v) is 8.72. The SMILES string of the molecule is Cc1cccc(NC(=O)CCN(C)CC[C@@H]2CCCCO2)c1C. The van der Waals surface area contributed by atoms with Crippen molar-refractivity contribution in [2.24, 2.45) is 0 Å². The van der Waals surface area contributed by atoms with Gasteiger partial charge in [-0.15, -0.1) is 0 Å². The van der Waals surface area contributed by atoms with Crippen LogP contribution in [0.15, 0.2) is 18.2 Å². The average molecular weight is 318 g/mol. The molecule has 1 aromatic carbocycles. The lowest BCUT2D eigenvalue weighted by atomic mass is 10.1. The summed E-state index contributed by atoms with van der Waals surface area (Å²) in [5.41, 5.74) is 3.27. The fourth-order valence-electron chi connectivity index (χ4n) is 2.90. The molecular weight excluding hydrogens is 288 g/mol. The van der Waals surface area contributed by atoms with Crippen molar-refractivity contribution in [3.63, 3.8) is 0 Å². The Labute approximate surface area is 140 Å². The maximum Gasteiger partial charge on any atom is 0.225 e. The number of hydrogen-bond acceptors (Lipinski definition) is 3. The third-order valence-corrected chi connectivity index (χ3v) is 4.71. The first-order valence-electron chi connectivity index (χ1n) is 8.72. The lowest BCUT2D eigenvalue weighted by molar-refractivity contribution is -0.116. The van der Waals surface area contributed by atoms with Gasteiger partial charge in [0.15, 0.2) is 0 Å². The van der Waals surface area contributed by atoms with Gasteiger partial charge in [-0.2, -0.15) is 0 Å². The molecule has 1 heterocycles. The first-order chi connectivity index (χ1) is 11.1. The van der Waals surface area contributed by atoms with Gasteiger partial charge in [-0.05, 0) is 63.8 Å². The molecule has 1 saturated heterocycles. The van der Waals surface area contributed by atoms with E-state index >= 15 is 0 Å². The maximum atomic E-state index is 12.1. The monoisotopic (exact) mass is 318 g/mol. The second-order valence-electron chi connectivity index (χ2n) is 6.63. The Hall–Kier alpha value is -1.39. The molecule has 1 aliphatic rings. The van der Waals surface area contributed by atoms with E-state index in [1.807, 2.05) is 19.1 Å². The van der Waals surface area contributed by atoms with E-state index in [1.165, 1.54) is 24.8 Å². The van der Waals surface area contributed by atoms with Gasteiger partial charge >= 0.3 is 0 Å². The van der Waals surface area contributed by atoms with Crippen molar-refractivity contribution in [3.05, 3.63) is 29.3 Å². The van der Waals surface area contributed by atoms with Crippen LogP contribution < -0.4 is 5.32 Å². The zero-order chi connectivity index (χ0) is 16.7. The molecule has 1 N–H and O–H groups in total. The molecule has 0 bridgehead atoms. The molecule has 1 fully saturated rings. The highest BCUT2D eigenvalue weighted by molar-refractivity contribution is 5.91. The number of hydrogen-bond donors (Lipinski definition) is 1. The van der Waals surface area contributed by atoms with E-state index in [1.54, 1.807) is 0 Å². The quantitative estimate of drug-likeness (QED) is 0.836. The van der Waals surface area contributed by atoms with Gasteiger partial charge in [-0.1, -0.05) is 12.1 Å². The molecule has 2 rings (SSSR count). The zero-order valence-corrected chi connectivity index (χ0v) is 14.7. The third kappa shape index (κ3) is 5.96. The summed E-state index contributed by atoms with van der Waals surface area (Å²) < 4.78 is 5.75. The lowest BCUT2D eigenvalue weighted by Crippen LogP contribution is -2.29. The Bertz CT molecular complexity index is 510. The number of carbonyl (C=O) groups excluding carboxylic acids is 1. The van der Waals surface area contributed by atoms with Crippen LogP contribution >= 0.6 is 0 Å². The number of carbonyl (C=O) groups is 1. The zero-order valence-electron chi connectivity index (χ0n) is 14.7. The molecule has 0 saturated carbocycles. The summed E-state index contributed by atoms with van der Waals surface area (Å²) in [6, 6.07) is 6.00. The van der Waals surface area contributed by atoms with Gasteiger partial charge in [0, 0.05) is 31.8 Å². The summed E-state index contributed by atoms with van der Waals surface area (Å²) >= 11 is 0. The Morgan fingerprint density at radius 1 is 1.30 bits per heavy atom. The Kier molecular flexibility index (Phi) is 7.06. The fourth-order valence-corrected chi connectivity index (χ4v) is 2.90. The number of nitrogens with one attached hydrogen (secondary N) is 1. The summed E-state index contributed by atoms with van der Waals surface area (Å²) in [6.07, 6.45) is 5.66. The smallest absolute Gasteiger partial charge is 0.225 e. The van der Waals surface area contributed by atoms with E-state index in [2.05, 4.69) is 30.3 Å². The van der Waals surface area contributed by atoms with Gasteiger partial charge in [0.1, 0.15) is 0 Å². The van der Waals surface area contributed by atoms with Crippen molar-refractivity contribution in [2.45, 2.75) is 52.1 Å². The maximum absolute atomic E-state index is 12.1. The van der Waals surface area contributed by atoms with Gasteiger partial charge in [0.2, 0.25) is 5.91 Å². The normalized spacial score (nSPS) is 18.2. The van der Waals surface area contributed by atoms with E-state index in [0.717, 1.165) is 37.4 Å². The molecule has 0 radical (unpaired) electrons. The Morgan fingerprint density at radius 2 is 2.13 bits per heavy atom. The number of aryl methyl sites for hydroxylation is 1. The second-order valence-corrected chi connectivity index (χ2v) is 6.63. The molecule has 4 nitrogen and oxygen atoms in total.